The number of Topliss-reactive ketones (excluding diaryl/α,β-unsaturated/α-hetero) is 1. The zero-order chi connectivity index (χ0) is 13.0. The third-order valence-electron chi connectivity index (χ3n) is 3.74. The molecule has 1 unspecified atom stereocenters. The Hall–Kier alpha value is -1.15. The van der Waals surface area contributed by atoms with E-state index in [2.05, 4.69) is 11.8 Å². The third-order valence-corrected chi connectivity index (χ3v) is 3.74. The maximum atomic E-state index is 12.1. The predicted octanol–water partition coefficient (Wildman–Crippen LogP) is 3.30. The van der Waals surface area contributed by atoms with Crippen LogP contribution in [-0.2, 0) is 0 Å². The Kier molecular flexibility index (Phi) is 4.54. The van der Waals surface area contributed by atoms with Gasteiger partial charge in [0, 0.05) is 25.1 Å². The molecular weight excluding hydrogens is 222 g/mol. The van der Waals surface area contributed by atoms with Gasteiger partial charge < -0.3 is 4.90 Å². The van der Waals surface area contributed by atoms with Crippen LogP contribution < -0.4 is 0 Å². The number of carbonyl (C=O) groups is 1. The zero-order valence-corrected chi connectivity index (χ0v) is 11.5. The maximum Gasteiger partial charge on any atom is 0.164 e. The molecule has 0 N–H and O–H groups in total. The van der Waals surface area contributed by atoms with E-state index in [0.717, 1.165) is 36.7 Å². The SMILES string of the molecule is Cc1cccc(C(=O)CCN2CCCC(C)C2)c1. The van der Waals surface area contributed by atoms with Crippen LogP contribution in [0, 0.1) is 12.8 Å². The number of nitrogens with zero attached hydrogens (tertiary/aromatic N) is 1. The minimum atomic E-state index is 0.275. The van der Waals surface area contributed by atoms with Gasteiger partial charge in [0.2, 0.25) is 0 Å². The number of benzene rings is 1. The van der Waals surface area contributed by atoms with Crippen molar-refractivity contribution in [2.24, 2.45) is 5.92 Å². The number of carbonyl (C=O) groups excluding carboxylic acids is 1. The van der Waals surface area contributed by atoms with Crippen molar-refractivity contribution in [2.45, 2.75) is 33.1 Å². The summed E-state index contributed by atoms with van der Waals surface area (Å²) in [6.45, 7) is 7.56. The van der Waals surface area contributed by atoms with Crippen molar-refractivity contribution >= 4 is 5.78 Å². The standard InChI is InChI=1S/C16H23NO/c1-13-5-3-7-15(11-13)16(18)8-10-17-9-4-6-14(2)12-17/h3,5,7,11,14H,4,6,8-10,12H2,1-2H3. The molecule has 0 aromatic heterocycles. The van der Waals surface area contributed by atoms with E-state index in [1.807, 2.05) is 31.2 Å². The average Bonchev–Trinajstić information content (AvgIpc) is 2.36. The summed E-state index contributed by atoms with van der Waals surface area (Å²) < 4.78 is 0. The average molecular weight is 245 g/mol. The lowest BCUT2D eigenvalue weighted by Crippen LogP contribution is -2.35. The van der Waals surface area contributed by atoms with Crippen molar-refractivity contribution in [1.82, 2.24) is 4.90 Å². The first-order chi connectivity index (χ1) is 8.65. The highest BCUT2D eigenvalue weighted by molar-refractivity contribution is 5.96. The Morgan fingerprint density at radius 3 is 3.00 bits per heavy atom. The molecule has 2 nitrogen and oxygen atoms in total. The minimum Gasteiger partial charge on any atom is -0.303 e. The van der Waals surface area contributed by atoms with Gasteiger partial charge in [-0.1, -0.05) is 30.7 Å². The molecule has 18 heavy (non-hydrogen) atoms. The Bertz CT molecular complexity index is 413. The summed E-state index contributed by atoms with van der Waals surface area (Å²) in [5, 5.41) is 0. The van der Waals surface area contributed by atoms with E-state index < -0.39 is 0 Å². The molecule has 0 bridgehead atoms. The molecule has 1 heterocycles. The molecule has 0 saturated carbocycles. The number of aryl methyl sites for hydroxylation is 1. The summed E-state index contributed by atoms with van der Waals surface area (Å²) in [7, 11) is 0. The van der Waals surface area contributed by atoms with Crippen molar-refractivity contribution in [2.75, 3.05) is 19.6 Å². The molecule has 0 aliphatic carbocycles. The van der Waals surface area contributed by atoms with Crippen LogP contribution in [0.5, 0.6) is 0 Å². The topological polar surface area (TPSA) is 20.3 Å². The summed E-state index contributed by atoms with van der Waals surface area (Å²) in [6, 6.07) is 7.91. The smallest absolute Gasteiger partial charge is 0.164 e. The van der Waals surface area contributed by atoms with Crippen molar-refractivity contribution in [3.05, 3.63) is 35.4 Å². The lowest BCUT2D eigenvalue weighted by molar-refractivity contribution is 0.0949. The highest BCUT2D eigenvalue weighted by Gasteiger charge is 2.17. The predicted molar refractivity (Wildman–Crippen MR) is 75.0 cm³/mol. The molecule has 1 aliphatic heterocycles. The van der Waals surface area contributed by atoms with E-state index in [0.29, 0.717) is 6.42 Å². The van der Waals surface area contributed by atoms with Crippen LogP contribution in [0.25, 0.3) is 0 Å². The van der Waals surface area contributed by atoms with Gasteiger partial charge in [-0.2, -0.15) is 0 Å². The van der Waals surface area contributed by atoms with Gasteiger partial charge in [-0.3, -0.25) is 4.79 Å². The second-order valence-corrected chi connectivity index (χ2v) is 5.59. The van der Waals surface area contributed by atoms with Gasteiger partial charge in [0.1, 0.15) is 0 Å². The van der Waals surface area contributed by atoms with Gasteiger partial charge in [-0.05, 0) is 38.3 Å². The van der Waals surface area contributed by atoms with Gasteiger partial charge in [-0.15, -0.1) is 0 Å². The molecule has 1 aliphatic rings. The van der Waals surface area contributed by atoms with E-state index in [1.54, 1.807) is 0 Å². The summed E-state index contributed by atoms with van der Waals surface area (Å²) in [4.78, 5) is 14.5. The van der Waals surface area contributed by atoms with Crippen LogP contribution in [0.2, 0.25) is 0 Å². The van der Waals surface area contributed by atoms with E-state index in [9.17, 15) is 4.79 Å². The minimum absolute atomic E-state index is 0.275. The fraction of sp³-hybridized carbons (Fsp3) is 0.562. The van der Waals surface area contributed by atoms with E-state index in [-0.39, 0.29) is 5.78 Å². The molecule has 0 amide bonds. The summed E-state index contributed by atoms with van der Waals surface area (Å²) >= 11 is 0. The fourth-order valence-electron chi connectivity index (χ4n) is 2.71. The molecule has 98 valence electrons. The highest BCUT2D eigenvalue weighted by Crippen LogP contribution is 2.16. The van der Waals surface area contributed by atoms with Gasteiger partial charge in [0.25, 0.3) is 0 Å². The van der Waals surface area contributed by atoms with Crippen LogP contribution in [-0.4, -0.2) is 30.3 Å². The Morgan fingerprint density at radius 1 is 1.44 bits per heavy atom. The second kappa shape index (κ2) is 6.14. The van der Waals surface area contributed by atoms with E-state index in [1.165, 1.54) is 12.8 Å². The molecule has 0 spiro atoms. The number of rotatable bonds is 4. The molecule has 1 atom stereocenters. The van der Waals surface area contributed by atoms with Gasteiger partial charge in [-0.25, -0.2) is 0 Å². The third kappa shape index (κ3) is 3.67. The number of likely N-dealkylation sites (tertiary alicyclic amines) is 1. The zero-order valence-electron chi connectivity index (χ0n) is 11.5. The first-order valence-electron chi connectivity index (χ1n) is 6.97. The molecule has 1 aromatic carbocycles. The second-order valence-electron chi connectivity index (χ2n) is 5.59. The van der Waals surface area contributed by atoms with Crippen LogP contribution in [0.15, 0.2) is 24.3 Å². The van der Waals surface area contributed by atoms with Gasteiger partial charge in [0.15, 0.2) is 5.78 Å². The summed E-state index contributed by atoms with van der Waals surface area (Å²) in [6.07, 6.45) is 3.26. The van der Waals surface area contributed by atoms with Crippen LogP contribution in [0.3, 0.4) is 0 Å². The Morgan fingerprint density at radius 2 is 2.28 bits per heavy atom. The molecule has 1 saturated heterocycles. The molecule has 2 rings (SSSR count). The Labute approximate surface area is 110 Å². The molecule has 1 fully saturated rings. The first-order valence-corrected chi connectivity index (χ1v) is 6.97. The molecular formula is C16H23NO. The van der Waals surface area contributed by atoms with Crippen molar-refractivity contribution < 1.29 is 4.79 Å². The number of hydrogen-bond acceptors (Lipinski definition) is 2. The summed E-state index contributed by atoms with van der Waals surface area (Å²) in [5.41, 5.74) is 2.02. The molecule has 1 aromatic rings. The van der Waals surface area contributed by atoms with Crippen LogP contribution in [0.1, 0.15) is 42.1 Å². The van der Waals surface area contributed by atoms with Gasteiger partial charge >= 0.3 is 0 Å². The van der Waals surface area contributed by atoms with Crippen molar-refractivity contribution in [3.8, 4) is 0 Å². The molecule has 0 radical (unpaired) electrons. The number of piperidine rings is 1. The fourth-order valence-corrected chi connectivity index (χ4v) is 2.71. The monoisotopic (exact) mass is 245 g/mol. The van der Waals surface area contributed by atoms with Gasteiger partial charge in [0.05, 0.1) is 0 Å². The number of hydrogen-bond donors (Lipinski definition) is 0. The van der Waals surface area contributed by atoms with E-state index in [4.69, 9.17) is 0 Å². The van der Waals surface area contributed by atoms with Crippen molar-refractivity contribution in [1.29, 1.82) is 0 Å². The lowest BCUT2D eigenvalue weighted by atomic mass is 9.99. The van der Waals surface area contributed by atoms with E-state index >= 15 is 0 Å². The summed E-state index contributed by atoms with van der Waals surface area (Å²) in [5.74, 6) is 1.06. The number of ketones is 1. The largest absolute Gasteiger partial charge is 0.303 e. The quantitative estimate of drug-likeness (QED) is 0.759. The normalized spacial score (nSPS) is 20.9. The van der Waals surface area contributed by atoms with Crippen molar-refractivity contribution in [3.63, 3.8) is 0 Å². The molecule has 2 heteroatoms. The first kappa shape index (κ1) is 13.3. The lowest BCUT2D eigenvalue weighted by Gasteiger charge is -2.30. The maximum absolute atomic E-state index is 12.1. The van der Waals surface area contributed by atoms with Crippen LogP contribution >= 0.6 is 0 Å². The Balaban J connectivity index is 1.84. The van der Waals surface area contributed by atoms with Crippen LogP contribution in [0.4, 0.5) is 0 Å². The highest BCUT2D eigenvalue weighted by atomic mass is 16.1.